The Morgan fingerprint density at radius 2 is 1.67 bits per heavy atom. The van der Waals surface area contributed by atoms with E-state index in [1.807, 2.05) is 19.1 Å². The lowest BCUT2D eigenvalue weighted by Gasteiger charge is -2.13. The van der Waals surface area contributed by atoms with Crippen LogP contribution in [0.15, 0.2) is 69.6 Å². The predicted molar refractivity (Wildman–Crippen MR) is 129 cm³/mol. The predicted octanol–water partition coefficient (Wildman–Crippen LogP) is 3.32. The minimum Gasteiger partial charge on any atom is -0.497 e. The topological polar surface area (TPSA) is 91.6 Å². The Bertz CT molecular complexity index is 1390. The second-order valence-corrected chi connectivity index (χ2v) is 8.16. The number of hydrogen-bond donors (Lipinski definition) is 1. The zero-order valence-electron chi connectivity index (χ0n) is 18.2. The van der Waals surface area contributed by atoms with Crippen LogP contribution in [-0.2, 0) is 17.9 Å². The smallest absolute Gasteiger partial charge is 0.332 e. The Kier molecular flexibility index (Phi) is 6.60. The molecule has 4 aromatic rings. The first-order valence-electron chi connectivity index (χ1n) is 10.4. The molecule has 0 aliphatic heterocycles. The third-order valence-electron chi connectivity index (χ3n) is 5.09. The van der Waals surface area contributed by atoms with Gasteiger partial charge < -0.3 is 14.8 Å². The van der Waals surface area contributed by atoms with Gasteiger partial charge in [-0.2, -0.15) is 0 Å². The average molecular weight is 466 g/mol. The molecule has 1 amide bonds. The van der Waals surface area contributed by atoms with Crippen molar-refractivity contribution >= 4 is 33.1 Å². The standard InChI is InChI=1S/C24H23N3O5S/c1-3-32-19-8-4-16(5-9-19)14-27-23(29)22-20(12-13-33-22)26(24(27)30)15-21(28)25-17-6-10-18(31-2)11-7-17/h4-13H,3,14-15H2,1-2H3,(H,25,28). The summed E-state index contributed by atoms with van der Waals surface area (Å²) in [5, 5.41) is 4.52. The highest BCUT2D eigenvalue weighted by Crippen LogP contribution is 2.18. The molecule has 170 valence electrons. The number of nitrogens with zero attached hydrogens (tertiary/aromatic N) is 2. The zero-order valence-corrected chi connectivity index (χ0v) is 19.1. The highest BCUT2D eigenvalue weighted by molar-refractivity contribution is 7.17. The van der Waals surface area contributed by atoms with E-state index in [1.54, 1.807) is 55.0 Å². The summed E-state index contributed by atoms with van der Waals surface area (Å²) >= 11 is 1.25. The molecule has 0 saturated heterocycles. The van der Waals surface area contributed by atoms with E-state index in [4.69, 9.17) is 9.47 Å². The Morgan fingerprint density at radius 3 is 2.33 bits per heavy atom. The van der Waals surface area contributed by atoms with Crippen LogP contribution in [0.2, 0.25) is 0 Å². The SMILES string of the molecule is CCOc1ccc(Cn2c(=O)c3sccc3n(CC(=O)Nc3ccc(OC)cc3)c2=O)cc1. The van der Waals surface area contributed by atoms with Gasteiger partial charge in [0.2, 0.25) is 5.91 Å². The fraction of sp³-hybridized carbons (Fsp3) is 0.208. The van der Waals surface area contributed by atoms with Gasteiger partial charge in [0.25, 0.3) is 5.56 Å². The molecule has 0 atom stereocenters. The van der Waals surface area contributed by atoms with Crippen LogP contribution >= 0.6 is 11.3 Å². The zero-order chi connectivity index (χ0) is 23.4. The molecule has 0 fully saturated rings. The molecule has 0 saturated carbocycles. The molecule has 2 heterocycles. The number of amides is 1. The van der Waals surface area contributed by atoms with Gasteiger partial charge in [0.1, 0.15) is 22.7 Å². The van der Waals surface area contributed by atoms with Crippen LogP contribution in [0.5, 0.6) is 11.5 Å². The molecule has 9 heteroatoms. The maximum absolute atomic E-state index is 13.3. The largest absolute Gasteiger partial charge is 0.497 e. The average Bonchev–Trinajstić information content (AvgIpc) is 3.31. The van der Waals surface area contributed by atoms with Crippen LogP contribution in [-0.4, -0.2) is 28.8 Å². The summed E-state index contributed by atoms with van der Waals surface area (Å²) in [5.74, 6) is 1.02. The van der Waals surface area contributed by atoms with Gasteiger partial charge >= 0.3 is 5.69 Å². The Morgan fingerprint density at radius 1 is 0.970 bits per heavy atom. The summed E-state index contributed by atoms with van der Waals surface area (Å²) < 4.78 is 13.5. The normalized spacial score (nSPS) is 10.8. The first kappa shape index (κ1) is 22.3. The van der Waals surface area contributed by atoms with Crippen LogP contribution in [0.1, 0.15) is 12.5 Å². The molecule has 0 unspecified atom stereocenters. The summed E-state index contributed by atoms with van der Waals surface area (Å²) in [6, 6.07) is 15.8. The van der Waals surface area contributed by atoms with Crippen molar-refractivity contribution < 1.29 is 14.3 Å². The fourth-order valence-corrected chi connectivity index (χ4v) is 4.33. The monoisotopic (exact) mass is 465 g/mol. The number of fused-ring (bicyclic) bond motifs is 1. The van der Waals surface area contributed by atoms with Crippen LogP contribution < -0.4 is 26.0 Å². The van der Waals surface area contributed by atoms with Crippen molar-refractivity contribution in [1.82, 2.24) is 9.13 Å². The maximum Gasteiger partial charge on any atom is 0.332 e. The van der Waals surface area contributed by atoms with Gasteiger partial charge in [-0.1, -0.05) is 12.1 Å². The van der Waals surface area contributed by atoms with Gasteiger partial charge in [-0.25, -0.2) is 4.79 Å². The van der Waals surface area contributed by atoms with E-state index in [2.05, 4.69) is 5.32 Å². The van der Waals surface area contributed by atoms with E-state index in [9.17, 15) is 14.4 Å². The van der Waals surface area contributed by atoms with Crippen molar-refractivity contribution in [2.24, 2.45) is 0 Å². The van der Waals surface area contributed by atoms with E-state index >= 15 is 0 Å². The number of ether oxygens (including phenoxy) is 2. The molecular weight excluding hydrogens is 442 g/mol. The lowest BCUT2D eigenvalue weighted by molar-refractivity contribution is -0.116. The molecule has 33 heavy (non-hydrogen) atoms. The van der Waals surface area contributed by atoms with E-state index in [-0.39, 0.29) is 24.6 Å². The number of anilines is 1. The third kappa shape index (κ3) is 4.83. The summed E-state index contributed by atoms with van der Waals surface area (Å²) in [7, 11) is 1.56. The molecular formula is C24H23N3O5S. The summed E-state index contributed by atoms with van der Waals surface area (Å²) in [5.41, 5.74) is 0.902. The van der Waals surface area contributed by atoms with Crippen LogP contribution in [0.25, 0.3) is 10.2 Å². The van der Waals surface area contributed by atoms with Gasteiger partial charge in [0.15, 0.2) is 0 Å². The van der Waals surface area contributed by atoms with Crippen molar-refractivity contribution in [1.29, 1.82) is 0 Å². The summed E-state index contributed by atoms with van der Waals surface area (Å²) in [6.07, 6.45) is 0. The first-order valence-corrected chi connectivity index (χ1v) is 11.2. The van der Waals surface area contributed by atoms with E-state index in [0.29, 0.717) is 28.3 Å². The van der Waals surface area contributed by atoms with Gasteiger partial charge in [-0.3, -0.25) is 18.7 Å². The number of carbonyl (C=O) groups excluding carboxylic acids is 1. The van der Waals surface area contributed by atoms with Crippen LogP contribution in [0, 0.1) is 0 Å². The number of rotatable bonds is 8. The molecule has 0 aliphatic rings. The Hall–Kier alpha value is -3.85. The quantitative estimate of drug-likeness (QED) is 0.431. The Balaban J connectivity index is 1.63. The minimum atomic E-state index is -0.537. The van der Waals surface area contributed by atoms with Gasteiger partial charge in [-0.05, 0) is 60.3 Å². The molecule has 8 nitrogen and oxygen atoms in total. The second kappa shape index (κ2) is 9.74. The molecule has 0 bridgehead atoms. The highest BCUT2D eigenvalue weighted by Gasteiger charge is 2.17. The van der Waals surface area contributed by atoms with Crippen LogP contribution in [0.3, 0.4) is 0 Å². The molecule has 2 aromatic heterocycles. The Labute approximate surface area is 193 Å². The molecule has 0 aliphatic carbocycles. The molecule has 1 N–H and O–H groups in total. The molecule has 0 spiro atoms. The first-order chi connectivity index (χ1) is 16.0. The number of nitrogens with one attached hydrogen (secondary N) is 1. The number of aromatic nitrogens is 2. The van der Waals surface area contributed by atoms with E-state index in [0.717, 1.165) is 15.9 Å². The molecule has 2 aromatic carbocycles. The van der Waals surface area contributed by atoms with E-state index < -0.39 is 5.69 Å². The lowest BCUT2D eigenvalue weighted by atomic mass is 10.2. The molecule has 0 radical (unpaired) electrons. The van der Waals surface area contributed by atoms with Gasteiger partial charge in [0.05, 0.1) is 25.8 Å². The third-order valence-corrected chi connectivity index (χ3v) is 5.98. The number of methoxy groups -OCH3 is 1. The fourth-order valence-electron chi connectivity index (χ4n) is 3.48. The lowest BCUT2D eigenvalue weighted by Crippen LogP contribution is -2.41. The number of benzene rings is 2. The summed E-state index contributed by atoms with van der Waals surface area (Å²) in [6.45, 7) is 2.33. The van der Waals surface area contributed by atoms with Crippen molar-refractivity contribution in [3.63, 3.8) is 0 Å². The summed E-state index contributed by atoms with van der Waals surface area (Å²) in [4.78, 5) is 39.0. The number of thiophene rings is 1. The van der Waals surface area contributed by atoms with Crippen molar-refractivity contribution in [2.75, 3.05) is 19.0 Å². The molecule has 4 rings (SSSR count). The van der Waals surface area contributed by atoms with Gasteiger partial charge in [0, 0.05) is 5.69 Å². The van der Waals surface area contributed by atoms with Crippen molar-refractivity contribution in [2.45, 2.75) is 20.0 Å². The van der Waals surface area contributed by atoms with Crippen LogP contribution in [0.4, 0.5) is 5.69 Å². The maximum atomic E-state index is 13.3. The van der Waals surface area contributed by atoms with Gasteiger partial charge in [-0.15, -0.1) is 11.3 Å². The minimum absolute atomic E-state index is 0.0952. The number of hydrogen-bond acceptors (Lipinski definition) is 6. The second-order valence-electron chi connectivity index (χ2n) is 7.25. The number of carbonyl (C=O) groups is 1. The van der Waals surface area contributed by atoms with Crippen molar-refractivity contribution in [3.8, 4) is 11.5 Å². The highest BCUT2D eigenvalue weighted by atomic mass is 32.1. The van der Waals surface area contributed by atoms with E-state index in [1.165, 1.54) is 15.9 Å². The van der Waals surface area contributed by atoms with Crippen molar-refractivity contribution in [3.05, 3.63) is 86.4 Å².